The molecular weight excluding hydrogens is 481 g/mol. The molecule has 3 atom stereocenters. The summed E-state index contributed by atoms with van der Waals surface area (Å²) in [6.45, 7) is 0. The molecule has 3 aromatic rings. The molecule has 2 fully saturated rings. The van der Waals surface area contributed by atoms with E-state index in [1.807, 2.05) is 29.2 Å². The summed E-state index contributed by atoms with van der Waals surface area (Å²) in [5.41, 5.74) is 2.01. The van der Waals surface area contributed by atoms with E-state index >= 15 is 0 Å². The summed E-state index contributed by atoms with van der Waals surface area (Å²) in [6, 6.07) is 11.6. The molecule has 7 nitrogen and oxygen atoms in total. The zero-order valence-electron chi connectivity index (χ0n) is 19.6. The van der Waals surface area contributed by atoms with Crippen molar-refractivity contribution in [3.05, 3.63) is 58.9 Å². The molecule has 1 aromatic heterocycles. The predicted octanol–water partition coefficient (Wildman–Crippen LogP) is 5.16. The van der Waals surface area contributed by atoms with E-state index < -0.39 is 11.8 Å². The van der Waals surface area contributed by atoms with E-state index in [1.54, 1.807) is 11.0 Å². The minimum Gasteiger partial charge on any atom is -0.481 e. The highest BCUT2D eigenvalue weighted by molar-refractivity contribution is 7.20. The molecule has 0 unspecified atom stereocenters. The highest BCUT2D eigenvalue weighted by atomic mass is 32.1. The second-order valence-electron chi connectivity index (χ2n) is 9.90. The number of thiazole rings is 1. The van der Waals surface area contributed by atoms with Gasteiger partial charge in [-0.3, -0.25) is 14.4 Å². The Hall–Kier alpha value is -3.33. The first-order valence-electron chi connectivity index (χ1n) is 12.4. The number of rotatable bonds is 6. The van der Waals surface area contributed by atoms with Gasteiger partial charge < -0.3 is 14.9 Å². The Kier molecular flexibility index (Phi) is 5.75. The van der Waals surface area contributed by atoms with Crippen LogP contribution in [-0.4, -0.2) is 44.9 Å². The summed E-state index contributed by atoms with van der Waals surface area (Å²) in [5, 5.41) is 9.54. The third-order valence-electron chi connectivity index (χ3n) is 7.61. The molecule has 1 aliphatic heterocycles. The molecule has 6 rings (SSSR count). The number of hydrogen-bond acceptors (Lipinski definition) is 5. The highest BCUT2D eigenvalue weighted by Gasteiger charge is 2.51. The molecule has 0 saturated heterocycles. The minimum absolute atomic E-state index is 0.0279. The zero-order chi connectivity index (χ0) is 25.0. The Morgan fingerprint density at radius 3 is 2.64 bits per heavy atom. The maximum absolute atomic E-state index is 14.6. The van der Waals surface area contributed by atoms with Crippen molar-refractivity contribution in [3.8, 4) is 0 Å². The third kappa shape index (κ3) is 3.95. The number of carbonyl (C=O) groups is 3. The topological polar surface area (TPSA) is 90.8 Å². The number of hydrogen-bond donors (Lipinski definition) is 1. The lowest BCUT2D eigenvalue weighted by molar-refractivity contribution is -0.142. The van der Waals surface area contributed by atoms with Gasteiger partial charge >= 0.3 is 5.97 Å². The van der Waals surface area contributed by atoms with Crippen molar-refractivity contribution < 1.29 is 23.9 Å². The number of carbonyl (C=O) groups excluding carboxylic acids is 2. The normalized spacial score (nSPS) is 22.8. The van der Waals surface area contributed by atoms with E-state index in [4.69, 9.17) is 5.11 Å². The quantitative estimate of drug-likeness (QED) is 0.498. The second kappa shape index (κ2) is 8.96. The number of anilines is 1. The fourth-order valence-electron chi connectivity index (χ4n) is 6.01. The van der Waals surface area contributed by atoms with Crippen LogP contribution < -0.4 is 4.90 Å². The summed E-state index contributed by atoms with van der Waals surface area (Å²) < 4.78 is 15.6. The molecule has 0 spiro atoms. The van der Waals surface area contributed by atoms with Crippen LogP contribution in [-0.2, 0) is 9.59 Å². The van der Waals surface area contributed by atoms with E-state index in [2.05, 4.69) is 4.98 Å². The number of nitrogens with zero attached hydrogens (tertiary/aromatic N) is 3. The molecule has 2 aliphatic carbocycles. The summed E-state index contributed by atoms with van der Waals surface area (Å²) in [6.07, 6.45) is 3.88. The summed E-state index contributed by atoms with van der Waals surface area (Å²) >= 11 is 1.35. The fourth-order valence-corrected chi connectivity index (χ4v) is 6.92. The second-order valence-corrected chi connectivity index (χ2v) is 10.9. The Morgan fingerprint density at radius 1 is 1.08 bits per heavy atom. The lowest BCUT2D eigenvalue weighted by Gasteiger charge is -2.47. The van der Waals surface area contributed by atoms with Gasteiger partial charge in [-0.05, 0) is 56.0 Å². The number of halogens is 1. The van der Waals surface area contributed by atoms with Crippen LogP contribution in [0.5, 0.6) is 0 Å². The highest BCUT2D eigenvalue weighted by Crippen LogP contribution is 2.53. The first-order valence-corrected chi connectivity index (χ1v) is 13.3. The number of amides is 2. The zero-order valence-corrected chi connectivity index (χ0v) is 20.4. The number of para-hydroxylation sites is 1. The molecule has 2 heterocycles. The molecular formula is C27H26FN3O4S. The molecule has 0 radical (unpaired) electrons. The molecule has 2 aromatic carbocycles. The fraction of sp³-hybridized carbons (Fsp3) is 0.407. The summed E-state index contributed by atoms with van der Waals surface area (Å²) in [4.78, 5) is 46.6. The first kappa shape index (κ1) is 23.1. The van der Waals surface area contributed by atoms with Crippen LogP contribution in [0.15, 0.2) is 42.5 Å². The molecule has 2 amide bonds. The first-order chi connectivity index (χ1) is 17.4. The Labute approximate surface area is 211 Å². The van der Waals surface area contributed by atoms with Crippen molar-refractivity contribution in [2.45, 2.75) is 63.1 Å². The number of aliphatic carboxylic acids is 1. The molecule has 186 valence electrons. The molecule has 2 saturated carbocycles. The van der Waals surface area contributed by atoms with Crippen molar-refractivity contribution in [3.63, 3.8) is 0 Å². The molecule has 36 heavy (non-hydrogen) atoms. The van der Waals surface area contributed by atoms with E-state index in [9.17, 15) is 18.8 Å². The Balaban J connectivity index is 1.44. The van der Waals surface area contributed by atoms with Gasteiger partial charge in [-0.2, -0.15) is 0 Å². The van der Waals surface area contributed by atoms with Gasteiger partial charge in [0.2, 0.25) is 5.91 Å². The van der Waals surface area contributed by atoms with Crippen molar-refractivity contribution >= 4 is 45.0 Å². The summed E-state index contributed by atoms with van der Waals surface area (Å²) in [7, 11) is 0. The minimum atomic E-state index is -1.01. The Morgan fingerprint density at radius 2 is 1.89 bits per heavy atom. The van der Waals surface area contributed by atoms with E-state index in [0.29, 0.717) is 16.3 Å². The number of carboxylic acid groups (broad SMARTS) is 1. The van der Waals surface area contributed by atoms with Crippen LogP contribution in [0.25, 0.3) is 10.2 Å². The van der Waals surface area contributed by atoms with Crippen molar-refractivity contribution in [1.29, 1.82) is 0 Å². The monoisotopic (exact) mass is 507 g/mol. The van der Waals surface area contributed by atoms with Crippen molar-refractivity contribution in [1.82, 2.24) is 9.88 Å². The van der Waals surface area contributed by atoms with E-state index in [1.165, 1.54) is 23.5 Å². The molecule has 9 heteroatoms. The van der Waals surface area contributed by atoms with Crippen LogP contribution in [0.4, 0.5) is 10.1 Å². The number of fused-ring (bicyclic) bond motifs is 3. The van der Waals surface area contributed by atoms with Crippen LogP contribution in [0.2, 0.25) is 0 Å². The van der Waals surface area contributed by atoms with Gasteiger partial charge in [0, 0.05) is 35.7 Å². The van der Waals surface area contributed by atoms with Gasteiger partial charge in [0.1, 0.15) is 5.82 Å². The maximum Gasteiger partial charge on any atom is 0.303 e. The van der Waals surface area contributed by atoms with E-state index in [0.717, 1.165) is 42.3 Å². The van der Waals surface area contributed by atoms with Gasteiger partial charge in [-0.25, -0.2) is 9.37 Å². The van der Waals surface area contributed by atoms with Gasteiger partial charge in [0.05, 0.1) is 22.7 Å². The Bertz CT molecular complexity index is 1340. The van der Waals surface area contributed by atoms with Gasteiger partial charge in [-0.15, -0.1) is 11.3 Å². The van der Waals surface area contributed by atoms with Gasteiger partial charge in [0.25, 0.3) is 5.91 Å². The molecule has 0 bridgehead atoms. The molecule has 1 N–H and O–H groups in total. The smallest absolute Gasteiger partial charge is 0.303 e. The van der Waals surface area contributed by atoms with Crippen LogP contribution >= 0.6 is 11.3 Å². The molecule has 3 aliphatic rings. The van der Waals surface area contributed by atoms with Crippen LogP contribution in [0, 0.1) is 11.7 Å². The number of benzene rings is 2. The number of carboxylic acids is 1. The van der Waals surface area contributed by atoms with Crippen LogP contribution in [0.1, 0.15) is 66.4 Å². The average Bonchev–Trinajstić information content (AvgIpc) is 3.40. The van der Waals surface area contributed by atoms with Gasteiger partial charge in [0.15, 0.2) is 5.01 Å². The SMILES string of the molecule is O=C(O)CCC(=O)N(C1CC1)[C@H]1c2cc(F)ccc2N(C(=O)c2nc3ccccc3s2)[C@H]2CCC[C@H]21. The lowest BCUT2D eigenvalue weighted by atomic mass is 9.81. The van der Waals surface area contributed by atoms with Crippen molar-refractivity contribution in [2.24, 2.45) is 5.92 Å². The van der Waals surface area contributed by atoms with Gasteiger partial charge in [-0.1, -0.05) is 18.6 Å². The van der Waals surface area contributed by atoms with Crippen molar-refractivity contribution in [2.75, 3.05) is 4.90 Å². The lowest BCUT2D eigenvalue weighted by Crippen LogP contribution is -2.53. The van der Waals surface area contributed by atoms with E-state index in [-0.39, 0.29) is 48.7 Å². The largest absolute Gasteiger partial charge is 0.481 e. The van der Waals surface area contributed by atoms with Crippen LogP contribution in [0.3, 0.4) is 0 Å². The average molecular weight is 508 g/mol. The number of aromatic nitrogens is 1. The maximum atomic E-state index is 14.6. The standard InChI is InChI=1S/C27H26FN3O4S/c28-15-8-11-21-18(14-15)25(30(16-9-10-16)23(32)12-13-24(33)34)17-4-3-6-20(17)31(21)27(35)26-29-19-5-1-2-7-22(19)36-26/h1-2,5,7-8,11,14,16-17,20,25H,3-4,6,9-10,12-13H2,(H,33,34)/t17-,20+,25-/m1/s1. The predicted molar refractivity (Wildman–Crippen MR) is 133 cm³/mol. The summed E-state index contributed by atoms with van der Waals surface area (Å²) in [5.74, 6) is -1.89. The third-order valence-corrected chi connectivity index (χ3v) is 8.64.